The smallest absolute Gasteiger partial charge is 0.137 e. The van der Waals surface area contributed by atoms with Gasteiger partial charge in [0.05, 0.1) is 13.2 Å². The summed E-state index contributed by atoms with van der Waals surface area (Å²) in [5.74, 6) is 2.20. The summed E-state index contributed by atoms with van der Waals surface area (Å²) in [4.78, 5) is 10.8. The van der Waals surface area contributed by atoms with Crippen LogP contribution in [-0.2, 0) is 4.74 Å². The molecule has 0 atom stereocenters. The van der Waals surface area contributed by atoms with E-state index in [1.807, 2.05) is 25.7 Å². The molecule has 1 aromatic rings. The van der Waals surface area contributed by atoms with Gasteiger partial charge in [0.15, 0.2) is 0 Å². The van der Waals surface area contributed by atoms with Gasteiger partial charge in [-0.1, -0.05) is 13.8 Å². The number of methoxy groups -OCH3 is 1. The molecule has 0 fully saturated rings. The molecule has 1 rings (SSSR count). The predicted molar refractivity (Wildman–Crippen MR) is 76.4 cm³/mol. The Kier molecular flexibility index (Phi) is 5.98. The molecular weight excluding hydrogens is 244 g/mol. The minimum absolute atomic E-state index is 0.0596. The summed E-state index contributed by atoms with van der Waals surface area (Å²) in [6, 6.07) is 0. The number of anilines is 2. The molecule has 1 heterocycles. The van der Waals surface area contributed by atoms with Crippen molar-refractivity contribution in [2.24, 2.45) is 0 Å². The van der Waals surface area contributed by atoms with E-state index >= 15 is 0 Å². The van der Waals surface area contributed by atoms with Gasteiger partial charge in [-0.15, -0.1) is 0 Å². The average Bonchev–Trinajstić information content (AvgIpc) is 2.37. The fraction of sp³-hybridized carbons (Fsp3) is 0.692. The number of aliphatic hydroxyl groups is 1. The number of nitrogens with zero attached hydrogens (tertiary/aromatic N) is 3. The molecule has 0 aliphatic heterocycles. The molecule has 0 bridgehead atoms. The molecule has 0 unspecified atom stereocenters. The first-order valence-corrected chi connectivity index (χ1v) is 6.50. The van der Waals surface area contributed by atoms with Crippen molar-refractivity contribution in [1.82, 2.24) is 9.97 Å². The van der Waals surface area contributed by atoms with Gasteiger partial charge in [0.2, 0.25) is 0 Å². The topological polar surface area (TPSA) is 84.5 Å². The van der Waals surface area contributed by atoms with Crippen molar-refractivity contribution in [3.63, 3.8) is 0 Å². The van der Waals surface area contributed by atoms with E-state index in [1.54, 1.807) is 7.11 Å². The first kappa shape index (κ1) is 15.7. The van der Waals surface area contributed by atoms with E-state index in [1.165, 1.54) is 0 Å². The van der Waals surface area contributed by atoms with E-state index in [0.29, 0.717) is 25.5 Å². The van der Waals surface area contributed by atoms with Crippen LogP contribution in [0.2, 0.25) is 0 Å². The molecule has 0 spiro atoms. The van der Waals surface area contributed by atoms with Gasteiger partial charge in [-0.05, 0) is 6.92 Å². The Labute approximate surface area is 114 Å². The van der Waals surface area contributed by atoms with Gasteiger partial charge in [-0.3, -0.25) is 0 Å². The lowest BCUT2D eigenvalue weighted by Crippen LogP contribution is -2.32. The second kappa shape index (κ2) is 7.25. The van der Waals surface area contributed by atoms with Crippen molar-refractivity contribution in [2.45, 2.75) is 26.7 Å². The van der Waals surface area contributed by atoms with E-state index in [4.69, 9.17) is 10.5 Å². The van der Waals surface area contributed by atoms with Crippen molar-refractivity contribution in [3.8, 4) is 0 Å². The van der Waals surface area contributed by atoms with Crippen LogP contribution in [0.3, 0.4) is 0 Å². The number of ether oxygens (including phenoxy) is 1. The Morgan fingerprint density at radius 2 is 2.00 bits per heavy atom. The van der Waals surface area contributed by atoms with Gasteiger partial charge in [0.1, 0.15) is 17.5 Å². The Morgan fingerprint density at radius 3 is 2.53 bits per heavy atom. The monoisotopic (exact) mass is 268 g/mol. The minimum atomic E-state index is 0.0596. The first-order chi connectivity index (χ1) is 9.01. The number of aromatic nitrogens is 2. The van der Waals surface area contributed by atoms with Crippen LogP contribution in [0, 0.1) is 6.92 Å². The third-order valence-corrected chi connectivity index (χ3v) is 2.93. The van der Waals surface area contributed by atoms with Crippen molar-refractivity contribution >= 4 is 11.6 Å². The normalized spacial score (nSPS) is 11.1. The lowest BCUT2D eigenvalue weighted by atomic mass is 10.2. The van der Waals surface area contributed by atoms with E-state index in [-0.39, 0.29) is 12.5 Å². The van der Waals surface area contributed by atoms with Crippen LogP contribution in [0.4, 0.5) is 11.6 Å². The fourth-order valence-corrected chi connectivity index (χ4v) is 1.75. The number of nitrogens with two attached hydrogens (primary N) is 1. The van der Waals surface area contributed by atoms with Crippen molar-refractivity contribution < 1.29 is 9.84 Å². The van der Waals surface area contributed by atoms with Crippen LogP contribution in [-0.4, -0.2) is 48.5 Å². The summed E-state index contributed by atoms with van der Waals surface area (Å²) in [5.41, 5.74) is 6.79. The van der Waals surface area contributed by atoms with Crippen molar-refractivity contribution in [1.29, 1.82) is 0 Å². The van der Waals surface area contributed by atoms with Crippen molar-refractivity contribution in [3.05, 3.63) is 11.4 Å². The molecule has 0 saturated carbocycles. The first-order valence-electron chi connectivity index (χ1n) is 6.50. The summed E-state index contributed by atoms with van der Waals surface area (Å²) in [6.07, 6.45) is 0. The summed E-state index contributed by atoms with van der Waals surface area (Å²) in [6.45, 7) is 7.74. The molecule has 0 aliphatic rings. The van der Waals surface area contributed by atoms with Crippen LogP contribution in [0.5, 0.6) is 0 Å². The number of rotatable bonds is 7. The number of hydrogen-bond donors (Lipinski definition) is 2. The Morgan fingerprint density at radius 1 is 1.32 bits per heavy atom. The molecule has 1 aromatic heterocycles. The standard InChI is InChI=1S/C13H24N4O2/c1-9(2)12-15-11(14)10(3)13(16-12)17(5-7-18)6-8-19-4/h9,18H,5-8H2,1-4H3,(H2,14,15,16). The maximum Gasteiger partial charge on any atom is 0.137 e. The van der Waals surface area contributed by atoms with Gasteiger partial charge in [-0.2, -0.15) is 0 Å². The van der Waals surface area contributed by atoms with E-state index < -0.39 is 0 Å². The molecule has 108 valence electrons. The largest absolute Gasteiger partial charge is 0.395 e. The van der Waals surface area contributed by atoms with Gasteiger partial charge < -0.3 is 20.5 Å². The Balaban J connectivity index is 3.12. The van der Waals surface area contributed by atoms with Crippen LogP contribution in [0.25, 0.3) is 0 Å². The van der Waals surface area contributed by atoms with Crippen LogP contribution >= 0.6 is 0 Å². The highest BCUT2D eigenvalue weighted by Crippen LogP contribution is 2.24. The summed E-state index contributed by atoms with van der Waals surface area (Å²) >= 11 is 0. The zero-order chi connectivity index (χ0) is 14.4. The van der Waals surface area contributed by atoms with E-state index in [2.05, 4.69) is 9.97 Å². The number of nitrogen functional groups attached to an aromatic ring is 1. The average molecular weight is 268 g/mol. The SMILES string of the molecule is COCCN(CCO)c1nc(C(C)C)nc(N)c1C. The maximum absolute atomic E-state index is 9.18. The lowest BCUT2D eigenvalue weighted by Gasteiger charge is -2.25. The summed E-state index contributed by atoms with van der Waals surface area (Å²) in [5, 5.41) is 9.18. The summed E-state index contributed by atoms with van der Waals surface area (Å²) in [7, 11) is 1.65. The van der Waals surface area contributed by atoms with Gasteiger partial charge in [0, 0.05) is 31.7 Å². The molecule has 0 aromatic carbocycles. The highest BCUT2D eigenvalue weighted by molar-refractivity contribution is 5.56. The summed E-state index contributed by atoms with van der Waals surface area (Å²) < 4.78 is 5.09. The molecule has 0 radical (unpaired) electrons. The highest BCUT2D eigenvalue weighted by Gasteiger charge is 2.16. The van der Waals surface area contributed by atoms with Gasteiger partial charge in [-0.25, -0.2) is 9.97 Å². The maximum atomic E-state index is 9.18. The third-order valence-electron chi connectivity index (χ3n) is 2.93. The third kappa shape index (κ3) is 4.04. The second-order valence-electron chi connectivity index (χ2n) is 4.77. The second-order valence-corrected chi connectivity index (χ2v) is 4.77. The molecule has 6 heteroatoms. The molecular formula is C13H24N4O2. The van der Waals surface area contributed by atoms with Gasteiger partial charge in [0.25, 0.3) is 0 Å². The molecule has 6 nitrogen and oxygen atoms in total. The molecule has 0 aliphatic carbocycles. The number of hydrogen-bond acceptors (Lipinski definition) is 6. The van der Waals surface area contributed by atoms with E-state index in [0.717, 1.165) is 17.2 Å². The lowest BCUT2D eigenvalue weighted by molar-refractivity contribution is 0.202. The number of aliphatic hydroxyl groups excluding tert-OH is 1. The molecule has 3 N–H and O–H groups in total. The highest BCUT2D eigenvalue weighted by atomic mass is 16.5. The van der Waals surface area contributed by atoms with E-state index in [9.17, 15) is 5.11 Å². The van der Waals surface area contributed by atoms with Gasteiger partial charge >= 0.3 is 0 Å². The van der Waals surface area contributed by atoms with Crippen LogP contribution in [0.1, 0.15) is 31.2 Å². The Hall–Kier alpha value is -1.40. The molecule has 0 amide bonds. The zero-order valence-corrected chi connectivity index (χ0v) is 12.2. The van der Waals surface area contributed by atoms with Crippen LogP contribution in [0.15, 0.2) is 0 Å². The minimum Gasteiger partial charge on any atom is -0.395 e. The molecule has 19 heavy (non-hydrogen) atoms. The predicted octanol–water partition coefficient (Wildman–Crippen LogP) is 0.936. The molecule has 0 saturated heterocycles. The van der Waals surface area contributed by atoms with Crippen LogP contribution < -0.4 is 10.6 Å². The Bertz CT molecular complexity index is 410. The fourth-order valence-electron chi connectivity index (χ4n) is 1.75. The quantitative estimate of drug-likeness (QED) is 0.765. The van der Waals surface area contributed by atoms with Crippen molar-refractivity contribution in [2.75, 3.05) is 44.0 Å². The zero-order valence-electron chi connectivity index (χ0n) is 12.2.